The van der Waals surface area contributed by atoms with Gasteiger partial charge in [0, 0.05) is 31.0 Å². The first kappa shape index (κ1) is 17.7. The molecule has 6 nitrogen and oxygen atoms in total. The Morgan fingerprint density at radius 3 is 2.33 bits per heavy atom. The molecular weight excluding hydrogens is 308 g/mol. The van der Waals surface area contributed by atoms with Crippen LogP contribution >= 0.6 is 0 Å². The quantitative estimate of drug-likeness (QED) is 0.768. The van der Waals surface area contributed by atoms with Crippen molar-refractivity contribution in [1.29, 1.82) is 0 Å². The van der Waals surface area contributed by atoms with Crippen LogP contribution in [0.5, 0.6) is 0 Å². The number of hydrogen-bond acceptors (Lipinski definition) is 4. The Morgan fingerprint density at radius 2 is 1.67 bits per heavy atom. The molecule has 3 aliphatic rings. The fourth-order valence-electron chi connectivity index (χ4n) is 3.99. The van der Waals surface area contributed by atoms with Gasteiger partial charge in [0.15, 0.2) is 6.29 Å². The molecule has 136 valence electrons. The van der Waals surface area contributed by atoms with Crippen molar-refractivity contribution in [2.24, 2.45) is 11.3 Å². The maximum Gasteiger partial charge on any atom is 0.245 e. The van der Waals surface area contributed by atoms with Crippen molar-refractivity contribution in [1.82, 2.24) is 9.80 Å². The molecule has 0 bridgehead atoms. The molecule has 24 heavy (non-hydrogen) atoms. The third-order valence-corrected chi connectivity index (χ3v) is 5.24. The maximum atomic E-state index is 13.1. The Kier molecular flexibility index (Phi) is 5.16. The van der Waals surface area contributed by atoms with Crippen LogP contribution in [0.15, 0.2) is 0 Å². The van der Waals surface area contributed by atoms with Crippen LogP contribution in [0.2, 0.25) is 0 Å². The third kappa shape index (κ3) is 3.59. The van der Waals surface area contributed by atoms with Crippen LogP contribution in [-0.2, 0) is 19.1 Å². The summed E-state index contributed by atoms with van der Waals surface area (Å²) in [6.45, 7) is 9.19. The lowest BCUT2D eigenvalue weighted by Gasteiger charge is -2.38. The first-order valence-electron chi connectivity index (χ1n) is 9.21. The van der Waals surface area contributed by atoms with Gasteiger partial charge in [-0.3, -0.25) is 9.59 Å². The summed E-state index contributed by atoms with van der Waals surface area (Å²) >= 11 is 0. The van der Waals surface area contributed by atoms with Crippen LogP contribution in [0.1, 0.15) is 46.5 Å². The van der Waals surface area contributed by atoms with E-state index in [4.69, 9.17) is 9.47 Å². The number of amides is 2. The van der Waals surface area contributed by atoms with Crippen LogP contribution in [0.25, 0.3) is 0 Å². The molecule has 0 N–H and O–H groups in total. The molecule has 0 aliphatic carbocycles. The highest BCUT2D eigenvalue weighted by Gasteiger charge is 2.42. The van der Waals surface area contributed by atoms with Gasteiger partial charge in [0.25, 0.3) is 0 Å². The molecule has 0 aromatic carbocycles. The molecule has 3 saturated heterocycles. The van der Waals surface area contributed by atoms with Gasteiger partial charge >= 0.3 is 0 Å². The summed E-state index contributed by atoms with van der Waals surface area (Å²) in [7, 11) is 0. The highest BCUT2D eigenvalue weighted by atomic mass is 16.7. The van der Waals surface area contributed by atoms with E-state index in [1.807, 2.05) is 25.7 Å². The zero-order valence-electron chi connectivity index (χ0n) is 15.1. The van der Waals surface area contributed by atoms with E-state index >= 15 is 0 Å². The predicted molar refractivity (Wildman–Crippen MR) is 89.2 cm³/mol. The van der Waals surface area contributed by atoms with E-state index in [1.165, 1.54) is 0 Å². The Balaban J connectivity index is 1.65. The number of ether oxygens (including phenoxy) is 2. The van der Waals surface area contributed by atoms with Crippen molar-refractivity contribution in [2.45, 2.75) is 58.8 Å². The minimum atomic E-state index is -0.446. The van der Waals surface area contributed by atoms with Crippen LogP contribution in [-0.4, -0.2) is 66.8 Å². The second-order valence-corrected chi connectivity index (χ2v) is 8.20. The van der Waals surface area contributed by atoms with Crippen LogP contribution in [0.3, 0.4) is 0 Å². The molecule has 6 heteroatoms. The van der Waals surface area contributed by atoms with Gasteiger partial charge in [0.05, 0.1) is 13.2 Å². The normalized spacial score (nSPS) is 29.3. The SMILES string of the molecule is CC(C)(C)C(=O)N1CCCC1C(=O)N1CCCC(C2OCCO2)C1. The van der Waals surface area contributed by atoms with Gasteiger partial charge in [-0.1, -0.05) is 20.8 Å². The van der Waals surface area contributed by atoms with Gasteiger partial charge < -0.3 is 19.3 Å². The Morgan fingerprint density at radius 1 is 1.00 bits per heavy atom. The van der Waals surface area contributed by atoms with Crippen molar-refractivity contribution >= 4 is 11.8 Å². The van der Waals surface area contributed by atoms with Crippen molar-refractivity contribution in [3.63, 3.8) is 0 Å². The van der Waals surface area contributed by atoms with Crippen LogP contribution < -0.4 is 0 Å². The molecule has 3 rings (SSSR count). The molecule has 3 heterocycles. The molecule has 0 radical (unpaired) electrons. The van der Waals surface area contributed by atoms with Crippen LogP contribution in [0, 0.1) is 11.3 Å². The third-order valence-electron chi connectivity index (χ3n) is 5.24. The summed E-state index contributed by atoms with van der Waals surface area (Å²) < 4.78 is 11.3. The van der Waals surface area contributed by atoms with Crippen molar-refractivity contribution in [2.75, 3.05) is 32.8 Å². The summed E-state index contributed by atoms with van der Waals surface area (Å²) in [6.07, 6.45) is 3.52. The molecule has 0 saturated carbocycles. The van der Waals surface area contributed by atoms with E-state index in [-0.39, 0.29) is 30.1 Å². The van der Waals surface area contributed by atoms with Gasteiger partial charge in [-0.25, -0.2) is 0 Å². The Bertz CT molecular complexity index is 482. The standard InChI is InChI=1S/C18H30N2O4/c1-18(2,3)17(22)20-9-5-7-14(20)15(21)19-8-4-6-13(12-19)16-23-10-11-24-16/h13-14,16H,4-12H2,1-3H3. The Labute approximate surface area is 144 Å². The molecular formula is C18H30N2O4. The molecule has 0 spiro atoms. The van der Waals surface area contributed by atoms with E-state index < -0.39 is 5.41 Å². The lowest BCUT2D eigenvalue weighted by Crippen LogP contribution is -2.53. The molecule has 3 fully saturated rings. The topological polar surface area (TPSA) is 59.1 Å². The largest absolute Gasteiger partial charge is 0.350 e. The molecule has 3 aliphatic heterocycles. The number of hydrogen-bond donors (Lipinski definition) is 0. The van der Waals surface area contributed by atoms with E-state index in [1.54, 1.807) is 4.90 Å². The van der Waals surface area contributed by atoms with Gasteiger partial charge in [-0.15, -0.1) is 0 Å². The fraction of sp³-hybridized carbons (Fsp3) is 0.889. The molecule has 2 unspecified atom stereocenters. The van der Waals surface area contributed by atoms with E-state index in [2.05, 4.69) is 0 Å². The fourth-order valence-corrected chi connectivity index (χ4v) is 3.99. The second kappa shape index (κ2) is 7.00. The highest BCUT2D eigenvalue weighted by molar-refractivity contribution is 5.90. The smallest absolute Gasteiger partial charge is 0.245 e. The minimum Gasteiger partial charge on any atom is -0.350 e. The monoisotopic (exact) mass is 338 g/mol. The van der Waals surface area contributed by atoms with Crippen molar-refractivity contribution in [3.05, 3.63) is 0 Å². The number of carbonyl (C=O) groups excluding carboxylic acids is 2. The summed E-state index contributed by atoms with van der Waals surface area (Å²) in [6, 6.07) is -0.291. The van der Waals surface area contributed by atoms with Gasteiger partial charge in [-0.2, -0.15) is 0 Å². The number of rotatable bonds is 2. The Hall–Kier alpha value is -1.14. The van der Waals surface area contributed by atoms with Crippen molar-refractivity contribution in [3.8, 4) is 0 Å². The molecule has 0 aromatic rings. The average molecular weight is 338 g/mol. The summed E-state index contributed by atoms with van der Waals surface area (Å²) in [5, 5.41) is 0. The van der Waals surface area contributed by atoms with E-state index in [9.17, 15) is 9.59 Å². The van der Waals surface area contributed by atoms with E-state index in [0.29, 0.717) is 26.3 Å². The first-order chi connectivity index (χ1) is 11.4. The number of nitrogens with zero attached hydrogens (tertiary/aromatic N) is 2. The average Bonchev–Trinajstić information content (AvgIpc) is 3.24. The second-order valence-electron chi connectivity index (χ2n) is 8.20. The van der Waals surface area contributed by atoms with Crippen LogP contribution in [0.4, 0.5) is 0 Å². The molecule has 2 atom stereocenters. The van der Waals surface area contributed by atoms with Gasteiger partial charge in [-0.05, 0) is 25.7 Å². The summed E-state index contributed by atoms with van der Waals surface area (Å²) in [5.41, 5.74) is -0.446. The minimum absolute atomic E-state index is 0.0781. The zero-order chi connectivity index (χ0) is 17.3. The number of piperidine rings is 1. The lowest BCUT2D eigenvalue weighted by atomic mass is 9.93. The maximum absolute atomic E-state index is 13.1. The number of likely N-dealkylation sites (tertiary alicyclic amines) is 2. The van der Waals surface area contributed by atoms with Gasteiger partial charge in [0.2, 0.25) is 11.8 Å². The first-order valence-corrected chi connectivity index (χ1v) is 9.21. The molecule has 0 aromatic heterocycles. The zero-order valence-corrected chi connectivity index (χ0v) is 15.1. The predicted octanol–water partition coefficient (Wildman–Crippen LogP) is 1.63. The summed E-state index contributed by atoms with van der Waals surface area (Å²) in [4.78, 5) is 29.4. The summed E-state index contributed by atoms with van der Waals surface area (Å²) in [5.74, 6) is 0.431. The highest BCUT2D eigenvalue weighted by Crippen LogP contribution is 2.29. The van der Waals surface area contributed by atoms with Crippen molar-refractivity contribution < 1.29 is 19.1 Å². The molecule has 2 amide bonds. The lowest BCUT2D eigenvalue weighted by molar-refractivity contribution is -0.151. The van der Waals surface area contributed by atoms with Gasteiger partial charge in [0.1, 0.15) is 6.04 Å². The van der Waals surface area contributed by atoms with E-state index in [0.717, 1.165) is 32.2 Å². The number of carbonyl (C=O) groups is 2.